The summed E-state index contributed by atoms with van der Waals surface area (Å²) in [5.41, 5.74) is 1.58. The van der Waals surface area contributed by atoms with E-state index in [2.05, 4.69) is 10.2 Å². The molecule has 1 atom stereocenters. The largest absolute Gasteiger partial charge is 0.345 e. The van der Waals surface area contributed by atoms with Crippen LogP contribution in [0, 0.1) is 17.7 Å². The van der Waals surface area contributed by atoms with Gasteiger partial charge >= 0.3 is 0 Å². The molecule has 0 bridgehead atoms. The lowest BCUT2D eigenvalue weighted by Gasteiger charge is -2.35. The SMILES string of the molecule is CC(C)C(=O)N1CCN(c2nc3c(s2)C[C@@H](C(=O)Nc2cccc(F)c2)CC3)CC1. The van der Waals surface area contributed by atoms with Gasteiger partial charge in [0.05, 0.1) is 5.69 Å². The maximum atomic E-state index is 13.4. The molecule has 4 rings (SSSR count). The van der Waals surface area contributed by atoms with E-state index in [1.165, 1.54) is 12.1 Å². The van der Waals surface area contributed by atoms with Gasteiger partial charge in [-0.3, -0.25) is 9.59 Å². The van der Waals surface area contributed by atoms with Crippen molar-refractivity contribution < 1.29 is 14.0 Å². The highest BCUT2D eigenvalue weighted by Gasteiger charge is 2.30. The predicted octanol–water partition coefficient (Wildman–Crippen LogP) is 3.33. The second-order valence-electron chi connectivity index (χ2n) is 8.27. The number of fused-ring (bicyclic) bond motifs is 1. The van der Waals surface area contributed by atoms with E-state index in [0.717, 1.165) is 54.7 Å². The van der Waals surface area contributed by atoms with Crippen molar-refractivity contribution in [3.8, 4) is 0 Å². The normalized spacial score (nSPS) is 19.0. The maximum Gasteiger partial charge on any atom is 0.227 e. The van der Waals surface area contributed by atoms with Crippen LogP contribution in [0.15, 0.2) is 24.3 Å². The topological polar surface area (TPSA) is 65.5 Å². The van der Waals surface area contributed by atoms with Crippen LogP contribution in [-0.2, 0) is 22.4 Å². The molecular formula is C22H27FN4O2S. The van der Waals surface area contributed by atoms with Crippen molar-refractivity contribution in [2.45, 2.75) is 33.1 Å². The van der Waals surface area contributed by atoms with E-state index >= 15 is 0 Å². The minimum atomic E-state index is -0.360. The number of nitrogens with zero attached hydrogens (tertiary/aromatic N) is 3. The van der Waals surface area contributed by atoms with Gasteiger partial charge in [-0.15, -0.1) is 11.3 Å². The number of piperazine rings is 1. The van der Waals surface area contributed by atoms with Crippen LogP contribution in [0.5, 0.6) is 0 Å². The Hall–Kier alpha value is -2.48. The second-order valence-corrected chi connectivity index (χ2v) is 9.33. The fourth-order valence-corrected chi connectivity index (χ4v) is 5.25. The highest BCUT2D eigenvalue weighted by molar-refractivity contribution is 7.15. The molecule has 6 nitrogen and oxygen atoms in total. The molecule has 1 aliphatic carbocycles. The number of amides is 2. The molecule has 1 fully saturated rings. The van der Waals surface area contributed by atoms with Gasteiger partial charge in [0.2, 0.25) is 11.8 Å². The number of benzene rings is 1. The number of hydrogen-bond donors (Lipinski definition) is 1. The monoisotopic (exact) mass is 430 g/mol. The summed E-state index contributed by atoms with van der Waals surface area (Å²) < 4.78 is 13.4. The number of anilines is 2. The van der Waals surface area contributed by atoms with E-state index in [-0.39, 0.29) is 29.5 Å². The smallest absolute Gasteiger partial charge is 0.227 e. The Balaban J connectivity index is 1.37. The maximum absolute atomic E-state index is 13.4. The molecule has 2 heterocycles. The Kier molecular flexibility index (Phi) is 6.04. The second kappa shape index (κ2) is 8.71. The summed E-state index contributed by atoms with van der Waals surface area (Å²) in [6.45, 7) is 6.89. The Bertz CT molecular complexity index is 937. The van der Waals surface area contributed by atoms with Crippen LogP contribution in [-0.4, -0.2) is 47.9 Å². The summed E-state index contributed by atoms with van der Waals surface area (Å²) >= 11 is 1.66. The number of halogens is 1. The molecule has 1 N–H and O–H groups in total. The molecule has 1 aromatic heterocycles. The zero-order valence-electron chi connectivity index (χ0n) is 17.4. The number of carbonyl (C=O) groups excluding carboxylic acids is 2. The molecule has 1 aromatic carbocycles. The van der Waals surface area contributed by atoms with E-state index in [1.807, 2.05) is 18.7 Å². The first kappa shape index (κ1) is 20.8. The molecule has 0 saturated carbocycles. The van der Waals surface area contributed by atoms with Gasteiger partial charge in [-0.1, -0.05) is 19.9 Å². The Morgan fingerprint density at radius 1 is 1.23 bits per heavy atom. The third kappa shape index (κ3) is 4.48. The molecule has 1 saturated heterocycles. The van der Waals surface area contributed by atoms with Gasteiger partial charge < -0.3 is 15.1 Å². The number of hydrogen-bond acceptors (Lipinski definition) is 5. The summed E-state index contributed by atoms with van der Waals surface area (Å²) in [6.07, 6.45) is 2.19. The van der Waals surface area contributed by atoms with Gasteiger partial charge in [0.25, 0.3) is 0 Å². The standard InChI is InChI=1S/C22H27FN4O2S/c1-14(2)21(29)26-8-10-27(11-9-26)22-25-18-7-6-15(12-19(18)30-22)20(28)24-17-5-3-4-16(23)13-17/h3-5,13-15H,6-12H2,1-2H3,(H,24,28)/t15-/m0/s1. The highest BCUT2D eigenvalue weighted by atomic mass is 32.1. The summed E-state index contributed by atoms with van der Waals surface area (Å²) in [4.78, 5) is 35.0. The molecule has 2 aromatic rings. The van der Waals surface area contributed by atoms with Crippen LogP contribution in [0.2, 0.25) is 0 Å². The average Bonchev–Trinajstić information content (AvgIpc) is 3.16. The number of carbonyl (C=O) groups is 2. The van der Waals surface area contributed by atoms with Crippen LogP contribution in [0.4, 0.5) is 15.2 Å². The summed E-state index contributed by atoms with van der Waals surface area (Å²) in [7, 11) is 0. The van der Waals surface area contributed by atoms with Crippen LogP contribution in [0.3, 0.4) is 0 Å². The fourth-order valence-electron chi connectivity index (χ4n) is 4.01. The van der Waals surface area contributed by atoms with Crippen molar-refractivity contribution in [3.05, 3.63) is 40.7 Å². The van der Waals surface area contributed by atoms with Crippen LogP contribution in [0.1, 0.15) is 30.8 Å². The Morgan fingerprint density at radius 3 is 2.70 bits per heavy atom. The van der Waals surface area contributed by atoms with Crippen molar-refractivity contribution in [3.63, 3.8) is 0 Å². The number of rotatable bonds is 4. The van der Waals surface area contributed by atoms with Crippen molar-refractivity contribution >= 4 is 34.0 Å². The Morgan fingerprint density at radius 2 is 2.00 bits per heavy atom. The first-order valence-corrected chi connectivity index (χ1v) is 11.3. The third-order valence-electron chi connectivity index (χ3n) is 5.75. The third-order valence-corrected chi connectivity index (χ3v) is 6.93. The van der Waals surface area contributed by atoms with E-state index in [4.69, 9.17) is 4.98 Å². The lowest BCUT2D eigenvalue weighted by atomic mass is 9.90. The average molecular weight is 431 g/mol. The molecule has 30 heavy (non-hydrogen) atoms. The van der Waals surface area contributed by atoms with Crippen LogP contribution in [0.25, 0.3) is 0 Å². The van der Waals surface area contributed by atoms with E-state index in [0.29, 0.717) is 12.1 Å². The molecule has 2 aliphatic rings. The van der Waals surface area contributed by atoms with E-state index < -0.39 is 0 Å². The fraction of sp³-hybridized carbons (Fsp3) is 0.500. The highest BCUT2D eigenvalue weighted by Crippen LogP contribution is 2.35. The first-order chi connectivity index (χ1) is 14.4. The number of aromatic nitrogens is 1. The van der Waals surface area contributed by atoms with Gasteiger partial charge in [-0.25, -0.2) is 9.37 Å². The molecule has 8 heteroatoms. The number of aryl methyl sites for hydroxylation is 1. The van der Waals surface area contributed by atoms with Crippen molar-refractivity contribution in [2.75, 3.05) is 36.4 Å². The van der Waals surface area contributed by atoms with Gasteiger partial charge in [-0.2, -0.15) is 0 Å². The lowest BCUT2D eigenvalue weighted by Crippen LogP contribution is -2.49. The summed E-state index contributed by atoms with van der Waals surface area (Å²) in [5, 5.41) is 3.82. The molecule has 0 unspecified atom stereocenters. The van der Waals surface area contributed by atoms with Crippen LogP contribution >= 0.6 is 11.3 Å². The first-order valence-electron chi connectivity index (χ1n) is 10.5. The van der Waals surface area contributed by atoms with Gasteiger partial charge in [0.1, 0.15) is 5.82 Å². The van der Waals surface area contributed by atoms with Crippen LogP contribution < -0.4 is 10.2 Å². The summed E-state index contributed by atoms with van der Waals surface area (Å²) in [5.74, 6) is -0.322. The van der Waals surface area contributed by atoms with Crippen molar-refractivity contribution in [1.82, 2.24) is 9.88 Å². The van der Waals surface area contributed by atoms with E-state index in [9.17, 15) is 14.0 Å². The minimum absolute atomic E-state index is 0.0270. The molecule has 2 amide bonds. The molecule has 160 valence electrons. The van der Waals surface area contributed by atoms with Gasteiger partial charge in [0, 0.05) is 48.6 Å². The predicted molar refractivity (Wildman–Crippen MR) is 116 cm³/mol. The molecule has 0 spiro atoms. The quantitative estimate of drug-likeness (QED) is 0.808. The zero-order valence-corrected chi connectivity index (χ0v) is 18.2. The Labute approximate surface area is 180 Å². The lowest BCUT2D eigenvalue weighted by molar-refractivity contribution is -0.134. The van der Waals surface area contributed by atoms with Gasteiger partial charge in [0.15, 0.2) is 5.13 Å². The van der Waals surface area contributed by atoms with Crippen molar-refractivity contribution in [1.29, 1.82) is 0 Å². The molecule has 1 aliphatic heterocycles. The number of nitrogens with one attached hydrogen (secondary N) is 1. The zero-order chi connectivity index (χ0) is 21.3. The number of thiazole rings is 1. The summed E-state index contributed by atoms with van der Waals surface area (Å²) in [6, 6.07) is 5.98. The molecule has 0 radical (unpaired) electrons. The van der Waals surface area contributed by atoms with E-state index in [1.54, 1.807) is 23.5 Å². The minimum Gasteiger partial charge on any atom is -0.345 e. The van der Waals surface area contributed by atoms with Crippen molar-refractivity contribution in [2.24, 2.45) is 11.8 Å². The van der Waals surface area contributed by atoms with Gasteiger partial charge in [-0.05, 0) is 37.5 Å². The molecular weight excluding hydrogens is 403 g/mol.